The van der Waals surface area contributed by atoms with E-state index in [1.165, 1.54) is 21.2 Å². The van der Waals surface area contributed by atoms with Crippen molar-refractivity contribution in [3.05, 3.63) is 70.4 Å². The molecule has 0 saturated carbocycles. The van der Waals surface area contributed by atoms with E-state index in [1.54, 1.807) is 0 Å². The smallest absolute Gasteiger partial charge is 0.0202 e. The highest BCUT2D eigenvalue weighted by Gasteiger charge is 2.16. The Morgan fingerprint density at radius 1 is 1.00 bits per heavy atom. The molecule has 1 aromatic heterocycles. The summed E-state index contributed by atoms with van der Waals surface area (Å²) in [4.78, 5) is 1.46. The summed E-state index contributed by atoms with van der Waals surface area (Å²) in [5.41, 5.74) is 1.45. The standard InChI is InChI=1S/C18H19NS/c1-19-12-11-17(18-10-5-13-20-18)16-9-4-7-14-6-2-3-8-15(14)16/h2-10,13,17,19H,11-12H2,1H3. The summed E-state index contributed by atoms with van der Waals surface area (Å²) in [6, 6.07) is 19.7. The normalized spacial score (nSPS) is 12.7. The van der Waals surface area contributed by atoms with Crippen molar-refractivity contribution in [3.8, 4) is 0 Å². The molecule has 0 radical (unpaired) electrons. The molecule has 0 aliphatic rings. The van der Waals surface area contributed by atoms with Crippen molar-refractivity contribution in [1.29, 1.82) is 0 Å². The lowest BCUT2D eigenvalue weighted by Crippen LogP contribution is -2.12. The van der Waals surface area contributed by atoms with Crippen molar-refractivity contribution < 1.29 is 0 Å². The van der Waals surface area contributed by atoms with Crippen molar-refractivity contribution in [2.24, 2.45) is 0 Å². The quantitative estimate of drug-likeness (QED) is 0.718. The Morgan fingerprint density at radius 2 is 1.85 bits per heavy atom. The van der Waals surface area contributed by atoms with Gasteiger partial charge in [-0.3, -0.25) is 0 Å². The summed E-state index contributed by atoms with van der Waals surface area (Å²) in [5, 5.41) is 8.16. The molecular formula is C18H19NS. The summed E-state index contributed by atoms with van der Waals surface area (Å²) in [6.07, 6.45) is 1.13. The van der Waals surface area contributed by atoms with E-state index in [4.69, 9.17) is 0 Å². The molecule has 1 unspecified atom stereocenters. The molecule has 0 aliphatic carbocycles. The third-order valence-corrected chi connectivity index (χ3v) is 4.75. The molecule has 3 aromatic rings. The summed E-state index contributed by atoms with van der Waals surface area (Å²) >= 11 is 1.86. The number of hydrogen-bond acceptors (Lipinski definition) is 2. The highest BCUT2D eigenvalue weighted by Crippen LogP contribution is 2.35. The van der Waals surface area contributed by atoms with E-state index in [9.17, 15) is 0 Å². The summed E-state index contributed by atoms with van der Waals surface area (Å²) in [5.74, 6) is 0.480. The van der Waals surface area contributed by atoms with Crippen molar-refractivity contribution >= 4 is 22.1 Å². The first-order valence-electron chi connectivity index (χ1n) is 7.06. The molecule has 1 atom stereocenters. The van der Waals surface area contributed by atoms with Crippen LogP contribution >= 0.6 is 11.3 Å². The first-order chi connectivity index (χ1) is 9.90. The van der Waals surface area contributed by atoms with Crippen molar-refractivity contribution in [1.82, 2.24) is 5.32 Å². The average Bonchev–Trinajstić information content (AvgIpc) is 3.02. The summed E-state index contributed by atoms with van der Waals surface area (Å²) < 4.78 is 0. The van der Waals surface area contributed by atoms with Crippen molar-refractivity contribution in [3.63, 3.8) is 0 Å². The molecule has 1 heterocycles. The van der Waals surface area contributed by atoms with Gasteiger partial charge in [-0.15, -0.1) is 11.3 Å². The fourth-order valence-electron chi connectivity index (χ4n) is 2.78. The highest BCUT2D eigenvalue weighted by atomic mass is 32.1. The lowest BCUT2D eigenvalue weighted by atomic mass is 9.90. The summed E-state index contributed by atoms with van der Waals surface area (Å²) in [7, 11) is 2.02. The number of hydrogen-bond donors (Lipinski definition) is 1. The number of rotatable bonds is 5. The van der Waals surface area contributed by atoms with E-state index in [0.29, 0.717) is 5.92 Å². The predicted molar refractivity (Wildman–Crippen MR) is 88.7 cm³/mol. The zero-order chi connectivity index (χ0) is 13.8. The molecule has 2 aromatic carbocycles. The lowest BCUT2D eigenvalue weighted by Gasteiger charge is -2.18. The maximum absolute atomic E-state index is 3.28. The van der Waals surface area contributed by atoms with E-state index in [1.807, 2.05) is 18.4 Å². The zero-order valence-electron chi connectivity index (χ0n) is 11.7. The Kier molecular flexibility index (Phi) is 4.14. The van der Waals surface area contributed by atoms with Crippen LogP contribution in [0.5, 0.6) is 0 Å². The van der Waals surface area contributed by atoms with Crippen LogP contribution in [0.2, 0.25) is 0 Å². The van der Waals surface area contributed by atoms with Gasteiger partial charge in [0.1, 0.15) is 0 Å². The highest BCUT2D eigenvalue weighted by molar-refractivity contribution is 7.10. The van der Waals surface area contributed by atoms with Crippen LogP contribution in [-0.2, 0) is 0 Å². The second kappa shape index (κ2) is 6.21. The zero-order valence-corrected chi connectivity index (χ0v) is 12.5. The van der Waals surface area contributed by atoms with E-state index in [0.717, 1.165) is 13.0 Å². The minimum atomic E-state index is 0.480. The van der Waals surface area contributed by atoms with Gasteiger partial charge in [0.05, 0.1) is 0 Å². The van der Waals surface area contributed by atoms with Crippen molar-refractivity contribution in [2.45, 2.75) is 12.3 Å². The molecule has 0 spiro atoms. The SMILES string of the molecule is CNCCC(c1cccs1)c1cccc2ccccc12. The van der Waals surface area contributed by atoms with E-state index in [2.05, 4.69) is 65.3 Å². The van der Waals surface area contributed by atoms with Gasteiger partial charge in [0, 0.05) is 10.8 Å². The number of thiophene rings is 1. The third kappa shape index (κ3) is 2.62. The van der Waals surface area contributed by atoms with Gasteiger partial charge in [0.2, 0.25) is 0 Å². The average molecular weight is 281 g/mol. The van der Waals surface area contributed by atoms with Crippen LogP contribution in [0.15, 0.2) is 60.0 Å². The molecule has 20 heavy (non-hydrogen) atoms. The second-order valence-corrected chi connectivity index (χ2v) is 6.01. The Bertz CT molecular complexity index is 667. The second-order valence-electron chi connectivity index (χ2n) is 5.03. The van der Waals surface area contributed by atoms with Gasteiger partial charge >= 0.3 is 0 Å². The first kappa shape index (κ1) is 13.3. The monoisotopic (exact) mass is 281 g/mol. The Morgan fingerprint density at radius 3 is 2.65 bits per heavy atom. The van der Waals surface area contributed by atoms with Crippen LogP contribution in [0.4, 0.5) is 0 Å². The molecular weight excluding hydrogens is 262 g/mol. The van der Waals surface area contributed by atoms with Gasteiger partial charge < -0.3 is 5.32 Å². The third-order valence-electron chi connectivity index (χ3n) is 3.77. The van der Waals surface area contributed by atoms with Crippen LogP contribution < -0.4 is 5.32 Å². The van der Waals surface area contributed by atoms with Crippen LogP contribution in [0.3, 0.4) is 0 Å². The molecule has 0 saturated heterocycles. The van der Waals surface area contributed by atoms with Gasteiger partial charge in [0.15, 0.2) is 0 Å². The molecule has 3 rings (SSSR count). The first-order valence-corrected chi connectivity index (χ1v) is 7.94. The van der Waals surface area contributed by atoms with E-state index in [-0.39, 0.29) is 0 Å². The maximum Gasteiger partial charge on any atom is 0.0202 e. The van der Waals surface area contributed by atoms with Crippen molar-refractivity contribution in [2.75, 3.05) is 13.6 Å². The minimum absolute atomic E-state index is 0.480. The van der Waals surface area contributed by atoms with Gasteiger partial charge in [-0.1, -0.05) is 48.5 Å². The Hall–Kier alpha value is -1.64. The van der Waals surface area contributed by atoms with E-state index >= 15 is 0 Å². The minimum Gasteiger partial charge on any atom is -0.320 e. The molecule has 0 fully saturated rings. The molecule has 102 valence electrons. The van der Waals surface area contributed by atoms with Crippen LogP contribution in [0, 0.1) is 0 Å². The van der Waals surface area contributed by atoms with Crippen LogP contribution in [0.1, 0.15) is 22.8 Å². The Labute approximate surface area is 124 Å². The lowest BCUT2D eigenvalue weighted by molar-refractivity contribution is 0.671. The van der Waals surface area contributed by atoms with E-state index < -0.39 is 0 Å². The molecule has 0 amide bonds. The molecule has 0 bridgehead atoms. The van der Waals surface area contributed by atoms with Gasteiger partial charge in [0.25, 0.3) is 0 Å². The number of fused-ring (bicyclic) bond motifs is 1. The summed E-state index contributed by atoms with van der Waals surface area (Å²) in [6.45, 7) is 1.03. The number of benzene rings is 2. The van der Waals surface area contributed by atoms with Gasteiger partial charge in [-0.05, 0) is 47.8 Å². The van der Waals surface area contributed by atoms with Gasteiger partial charge in [-0.2, -0.15) is 0 Å². The van der Waals surface area contributed by atoms with Crippen LogP contribution in [0.25, 0.3) is 10.8 Å². The fourth-order valence-corrected chi connectivity index (χ4v) is 3.66. The Balaban J connectivity index is 2.09. The van der Waals surface area contributed by atoms with Gasteiger partial charge in [-0.25, -0.2) is 0 Å². The fraction of sp³-hybridized carbons (Fsp3) is 0.222. The van der Waals surface area contributed by atoms with Crippen LogP contribution in [-0.4, -0.2) is 13.6 Å². The largest absolute Gasteiger partial charge is 0.320 e. The predicted octanol–water partition coefficient (Wildman–Crippen LogP) is 4.64. The topological polar surface area (TPSA) is 12.0 Å². The molecule has 1 nitrogen and oxygen atoms in total. The molecule has 1 N–H and O–H groups in total. The molecule has 2 heteroatoms. The maximum atomic E-state index is 3.28. The molecule has 0 aliphatic heterocycles. The number of nitrogens with one attached hydrogen (secondary N) is 1.